The van der Waals surface area contributed by atoms with Gasteiger partial charge in [0.15, 0.2) is 11.5 Å². The second kappa shape index (κ2) is 7.61. The molecule has 7 heteroatoms. The van der Waals surface area contributed by atoms with Gasteiger partial charge in [-0.25, -0.2) is 9.97 Å². The summed E-state index contributed by atoms with van der Waals surface area (Å²) in [4.78, 5) is 12.6. The summed E-state index contributed by atoms with van der Waals surface area (Å²) < 4.78 is 1.85. The number of nitrogens with zero attached hydrogens (tertiary/aromatic N) is 4. The Hall–Kier alpha value is -2.70. The summed E-state index contributed by atoms with van der Waals surface area (Å²) in [6.45, 7) is 2.03. The molecule has 150 valence electrons. The molecule has 3 N–H and O–H groups in total. The second-order valence-corrected chi connectivity index (χ2v) is 7.70. The van der Waals surface area contributed by atoms with E-state index >= 15 is 0 Å². The lowest BCUT2D eigenvalue weighted by atomic mass is 9.94. The highest BCUT2D eigenvalue weighted by molar-refractivity contribution is 5.91. The summed E-state index contributed by atoms with van der Waals surface area (Å²) in [5.74, 6) is 0.746. The van der Waals surface area contributed by atoms with Gasteiger partial charge in [0.05, 0.1) is 0 Å². The number of nitrogens with one attached hydrogen (secondary N) is 1. The van der Waals surface area contributed by atoms with Crippen LogP contribution in [0.5, 0.6) is 0 Å². The number of H-pyrrole nitrogens is 1. The van der Waals surface area contributed by atoms with E-state index in [9.17, 15) is 0 Å². The van der Waals surface area contributed by atoms with Crippen LogP contribution in [0.3, 0.4) is 0 Å². The molecule has 1 aliphatic rings. The topological polar surface area (TPSA) is 85.4 Å². The molecule has 0 saturated carbocycles. The Morgan fingerprint density at radius 3 is 2.83 bits per heavy atom. The summed E-state index contributed by atoms with van der Waals surface area (Å²) in [6.07, 6.45) is 6.38. The van der Waals surface area contributed by atoms with Gasteiger partial charge >= 0.3 is 0 Å². The Labute approximate surface area is 176 Å². The zero-order valence-corrected chi connectivity index (χ0v) is 17.5. The van der Waals surface area contributed by atoms with E-state index in [0.29, 0.717) is 0 Å². The average molecular weight is 409 g/mol. The van der Waals surface area contributed by atoms with E-state index in [1.807, 2.05) is 37.0 Å². The van der Waals surface area contributed by atoms with Crippen molar-refractivity contribution in [1.82, 2.24) is 24.7 Å². The number of hydrogen-bond acceptors (Lipinski definition) is 4. The second-order valence-electron chi connectivity index (χ2n) is 7.70. The van der Waals surface area contributed by atoms with Gasteiger partial charge < -0.3 is 10.7 Å². The molecule has 4 aromatic rings. The minimum Gasteiger partial charge on any atom is -0.324 e. The van der Waals surface area contributed by atoms with Crippen molar-refractivity contribution in [3.63, 3.8) is 0 Å². The summed E-state index contributed by atoms with van der Waals surface area (Å²) >= 11 is 0. The lowest BCUT2D eigenvalue weighted by molar-refractivity contribution is 0.615. The van der Waals surface area contributed by atoms with Gasteiger partial charge in [-0.3, -0.25) is 4.68 Å². The summed E-state index contributed by atoms with van der Waals surface area (Å²) in [6, 6.07) is 10.9. The van der Waals surface area contributed by atoms with Crippen molar-refractivity contribution in [3.05, 3.63) is 53.3 Å². The van der Waals surface area contributed by atoms with Crippen LogP contribution in [0.4, 0.5) is 0 Å². The monoisotopic (exact) mass is 408 g/mol. The maximum absolute atomic E-state index is 6.37. The molecule has 5 rings (SSSR count). The molecule has 0 spiro atoms. The largest absolute Gasteiger partial charge is 0.324 e. The summed E-state index contributed by atoms with van der Waals surface area (Å²) in [5, 5.41) is 4.54. The number of rotatable bonds is 2. The quantitative estimate of drug-likeness (QED) is 0.479. The average Bonchev–Trinajstić information content (AvgIpc) is 3.22. The molecule has 0 fully saturated rings. The van der Waals surface area contributed by atoms with E-state index in [4.69, 9.17) is 10.7 Å². The van der Waals surface area contributed by atoms with E-state index in [2.05, 4.69) is 33.3 Å². The van der Waals surface area contributed by atoms with Crippen LogP contribution in [0.1, 0.15) is 42.1 Å². The van der Waals surface area contributed by atoms with Gasteiger partial charge in [0.2, 0.25) is 0 Å². The number of aryl methyl sites for hydroxylation is 3. The normalized spacial score (nSPS) is 16.3. The SMILES string of the molecule is Cc1cc(-c2nc3c(-c4ccc5c(c4)CCCCC5N)ccnc3[nH]2)nn1C.Cl. The van der Waals surface area contributed by atoms with Crippen LogP contribution in [-0.4, -0.2) is 24.7 Å². The van der Waals surface area contributed by atoms with Crippen LogP contribution in [0, 0.1) is 6.92 Å². The van der Waals surface area contributed by atoms with Crippen LogP contribution in [0.15, 0.2) is 36.5 Å². The third kappa shape index (κ3) is 3.43. The van der Waals surface area contributed by atoms with Crippen molar-refractivity contribution < 1.29 is 0 Å². The van der Waals surface area contributed by atoms with Crippen molar-refractivity contribution >= 4 is 23.6 Å². The molecular weight excluding hydrogens is 384 g/mol. The van der Waals surface area contributed by atoms with Gasteiger partial charge in [-0.05, 0) is 55.0 Å². The molecule has 3 aromatic heterocycles. The van der Waals surface area contributed by atoms with Crippen LogP contribution in [-0.2, 0) is 13.5 Å². The van der Waals surface area contributed by atoms with E-state index in [0.717, 1.165) is 52.3 Å². The fourth-order valence-corrected chi connectivity index (χ4v) is 4.13. The molecule has 3 heterocycles. The van der Waals surface area contributed by atoms with Crippen LogP contribution in [0.2, 0.25) is 0 Å². The first kappa shape index (κ1) is 19.6. The number of benzene rings is 1. The summed E-state index contributed by atoms with van der Waals surface area (Å²) in [5.41, 5.74) is 14.8. The van der Waals surface area contributed by atoms with Gasteiger partial charge in [-0.1, -0.05) is 24.6 Å². The molecule has 0 aliphatic heterocycles. The predicted octanol–water partition coefficient (Wildman–Crippen LogP) is 4.48. The fourth-order valence-electron chi connectivity index (χ4n) is 4.13. The Morgan fingerprint density at radius 1 is 1.17 bits per heavy atom. The van der Waals surface area contributed by atoms with Crippen LogP contribution >= 0.6 is 12.4 Å². The smallest absolute Gasteiger partial charge is 0.160 e. The van der Waals surface area contributed by atoms with Gasteiger partial charge in [-0.2, -0.15) is 5.10 Å². The molecule has 1 unspecified atom stereocenters. The Balaban J connectivity index is 0.00000205. The molecular formula is C22H25ClN6. The van der Waals surface area contributed by atoms with Crippen molar-refractivity contribution in [1.29, 1.82) is 0 Å². The third-order valence-corrected chi connectivity index (χ3v) is 5.81. The lowest BCUT2D eigenvalue weighted by Gasteiger charge is -2.14. The number of fused-ring (bicyclic) bond motifs is 2. The van der Waals surface area contributed by atoms with Crippen molar-refractivity contribution in [2.75, 3.05) is 0 Å². The molecule has 1 aromatic carbocycles. The maximum atomic E-state index is 6.37. The molecule has 1 atom stereocenters. The van der Waals surface area contributed by atoms with Crippen LogP contribution in [0.25, 0.3) is 33.8 Å². The first-order valence-corrected chi connectivity index (χ1v) is 9.84. The first-order valence-electron chi connectivity index (χ1n) is 9.84. The molecule has 1 aliphatic carbocycles. The number of halogens is 1. The number of nitrogens with two attached hydrogens (primary N) is 1. The van der Waals surface area contributed by atoms with Crippen molar-refractivity contribution in [2.45, 2.75) is 38.6 Å². The molecule has 0 radical (unpaired) electrons. The standard InChI is InChI=1S/C22H24N6.ClH/c1-13-11-19(27-28(13)2)21-25-20-17(9-10-24-22(20)26-21)15-7-8-16-14(12-15)5-3-4-6-18(16)23;/h7-12,18H,3-6,23H2,1-2H3,(H,24,25,26);1H. The number of pyridine rings is 1. The van der Waals surface area contributed by atoms with Gasteiger partial charge in [0.1, 0.15) is 11.2 Å². The molecule has 0 amide bonds. The Kier molecular flexibility index (Phi) is 5.15. The van der Waals surface area contributed by atoms with Gasteiger partial charge in [0.25, 0.3) is 0 Å². The third-order valence-electron chi connectivity index (χ3n) is 5.81. The van der Waals surface area contributed by atoms with E-state index in [1.165, 1.54) is 24.0 Å². The highest BCUT2D eigenvalue weighted by Crippen LogP contribution is 2.33. The Morgan fingerprint density at radius 2 is 2.03 bits per heavy atom. The Bertz CT molecular complexity index is 1160. The van der Waals surface area contributed by atoms with E-state index in [1.54, 1.807) is 0 Å². The van der Waals surface area contributed by atoms with Gasteiger partial charge in [0, 0.05) is 30.5 Å². The molecule has 0 saturated heterocycles. The number of aromatic nitrogens is 5. The summed E-state index contributed by atoms with van der Waals surface area (Å²) in [7, 11) is 1.94. The minimum absolute atomic E-state index is 0. The predicted molar refractivity (Wildman–Crippen MR) is 118 cm³/mol. The van der Waals surface area contributed by atoms with Crippen molar-refractivity contribution in [3.8, 4) is 22.6 Å². The molecule has 29 heavy (non-hydrogen) atoms. The highest BCUT2D eigenvalue weighted by Gasteiger charge is 2.18. The molecule has 0 bridgehead atoms. The minimum atomic E-state index is 0. The lowest BCUT2D eigenvalue weighted by Crippen LogP contribution is -2.10. The maximum Gasteiger partial charge on any atom is 0.160 e. The van der Waals surface area contributed by atoms with E-state index in [-0.39, 0.29) is 18.4 Å². The fraction of sp³-hybridized carbons (Fsp3) is 0.318. The van der Waals surface area contributed by atoms with Crippen molar-refractivity contribution in [2.24, 2.45) is 12.8 Å². The number of aromatic amines is 1. The number of imidazole rings is 1. The highest BCUT2D eigenvalue weighted by atomic mass is 35.5. The number of hydrogen-bond donors (Lipinski definition) is 2. The zero-order valence-electron chi connectivity index (χ0n) is 16.6. The van der Waals surface area contributed by atoms with Crippen LogP contribution < -0.4 is 5.73 Å². The molecule has 6 nitrogen and oxygen atoms in total. The van der Waals surface area contributed by atoms with E-state index < -0.39 is 0 Å². The van der Waals surface area contributed by atoms with Gasteiger partial charge in [-0.15, -0.1) is 12.4 Å². The first-order chi connectivity index (χ1) is 13.6. The zero-order chi connectivity index (χ0) is 19.3.